The lowest BCUT2D eigenvalue weighted by Crippen LogP contribution is -2.50. The summed E-state index contributed by atoms with van der Waals surface area (Å²) in [6.45, 7) is 0. The number of pyridine rings is 1. The number of aliphatic hydroxyl groups is 1. The third-order valence-corrected chi connectivity index (χ3v) is 4.66. The van der Waals surface area contributed by atoms with Gasteiger partial charge < -0.3 is 10.4 Å². The SMILES string of the molecule is CN1N=C(C(=O)N[C@@H](Cc2ccccn2)C2CC(O)C2)CCC1=O. The van der Waals surface area contributed by atoms with E-state index in [2.05, 4.69) is 15.4 Å². The molecule has 1 aromatic heterocycles. The lowest BCUT2D eigenvalue weighted by atomic mass is 9.76. The number of aliphatic hydroxyl groups excluding tert-OH is 1. The Morgan fingerprint density at radius 1 is 1.42 bits per heavy atom. The summed E-state index contributed by atoms with van der Waals surface area (Å²) >= 11 is 0. The fraction of sp³-hybridized carbons (Fsp3) is 0.529. The molecule has 2 heterocycles. The lowest BCUT2D eigenvalue weighted by Gasteiger charge is -2.38. The van der Waals surface area contributed by atoms with E-state index in [1.807, 2.05) is 18.2 Å². The number of hydrogen-bond acceptors (Lipinski definition) is 5. The Bertz CT molecular complexity index is 640. The van der Waals surface area contributed by atoms with Crippen LogP contribution in [-0.4, -0.2) is 51.8 Å². The van der Waals surface area contributed by atoms with E-state index < -0.39 is 0 Å². The minimum Gasteiger partial charge on any atom is -0.393 e. The number of amides is 2. The zero-order chi connectivity index (χ0) is 17.1. The first-order valence-electron chi connectivity index (χ1n) is 8.26. The third kappa shape index (κ3) is 3.79. The van der Waals surface area contributed by atoms with E-state index in [4.69, 9.17) is 0 Å². The summed E-state index contributed by atoms with van der Waals surface area (Å²) in [5.74, 6) is -0.0927. The molecule has 0 unspecified atom stereocenters. The van der Waals surface area contributed by atoms with Crippen LogP contribution >= 0.6 is 0 Å². The van der Waals surface area contributed by atoms with E-state index in [1.165, 1.54) is 5.01 Å². The molecule has 0 bridgehead atoms. The highest BCUT2D eigenvalue weighted by molar-refractivity contribution is 6.39. The number of nitrogens with one attached hydrogen (secondary N) is 1. The highest BCUT2D eigenvalue weighted by atomic mass is 16.3. The van der Waals surface area contributed by atoms with Gasteiger partial charge in [-0.2, -0.15) is 5.10 Å². The molecule has 2 aliphatic rings. The molecule has 1 aromatic rings. The van der Waals surface area contributed by atoms with Crippen molar-refractivity contribution in [2.45, 2.75) is 44.2 Å². The maximum atomic E-state index is 12.5. The number of carbonyl (C=O) groups is 2. The Balaban J connectivity index is 1.68. The van der Waals surface area contributed by atoms with Gasteiger partial charge in [0.2, 0.25) is 5.91 Å². The molecule has 0 spiro atoms. The average molecular weight is 330 g/mol. The zero-order valence-corrected chi connectivity index (χ0v) is 13.7. The molecule has 0 saturated heterocycles. The number of hydrogen-bond donors (Lipinski definition) is 2. The first-order valence-corrected chi connectivity index (χ1v) is 8.26. The summed E-state index contributed by atoms with van der Waals surface area (Å²) in [5, 5.41) is 17.9. The van der Waals surface area contributed by atoms with Crippen LogP contribution in [0.4, 0.5) is 0 Å². The highest BCUT2D eigenvalue weighted by Crippen LogP contribution is 2.31. The number of carbonyl (C=O) groups excluding carboxylic acids is 2. The summed E-state index contributed by atoms with van der Waals surface area (Å²) in [4.78, 5) is 28.3. The Labute approximate surface area is 140 Å². The molecule has 7 nitrogen and oxygen atoms in total. The predicted octanol–water partition coefficient (Wildman–Crippen LogP) is 0.488. The monoisotopic (exact) mass is 330 g/mol. The van der Waals surface area contributed by atoms with Crippen LogP contribution in [0.2, 0.25) is 0 Å². The van der Waals surface area contributed by atoms with Crippen molar-refractivity contribution in [2.24, 2.45) is 11.0 Å². The summed E-state index contributed by atoms with van der Waals surface area (Å²) < 4.78 is 0. The molecule has 0 radical (unpaired) electrons. The lowest BCUT2D eigenvalue weighted by molar-refractivity contribution is -0.130. The van der Waals surface area contributed by atoms with Crippen molar-refractivity contribution < 1.29 is 14.7 Å². The number of rotatable bonds is 5. The van der Waals surface area contributed by atoms with Gasteiger partial charge in [-0.05, 0) is 30.9 Å². The maximum absolute atomic E-state index is 12.5. The van der Waals surface area contributed by atoms with E-state index in [0.29, 0.717) is 37.8 Å². The number of nitrogens with zero attached hydrogens (tertiary/aromatic N) is 3. The van der Waals surface area contributed by atoms with Crippen molar-refractivity contribution in [1.29, 1.82) is 0 Å². The van der Waals surface area contributed by atoms with Crippen LogP contribution < -0.4 is 5.32 Å². The first kappa shape index (κ1) is 16.6. The second-order valence-corrected chi connectivity index (χ2v) is 6.45. The minimum absolute atomic E-state index is 0.0845. The van der Waals surface area contributed by atoms with Gasteiger partial charge in [0, 0.05) is 44.2 Å². The van der Waals surface area contributed by atoms with E-state index >= 15 is 0 Å². The van der Waals surface area contributed by atoms with E-state index in [1.54, 1.807) is 13.2 Å². The Morgan fingerprint density at radius 2 is 2.21 bits per heavy atom. The van der Waals surface area contributed by atoms with Gasteiger partial charge >= 0.3 is 0 Å². The van der Waals surface area contributed by atoms with E-state index in [9.17, 15) is 14.7 Å². The Kier molecular flexibility index (Phi) is 4.89. The molecule has 1 aliphatic heterocycles. The van der Waals surface area contributed by atoms with Gasteiger partial charge in [-0.3, -0.25) is 14.6 Å². The van der Waals surface area contributed by atoms with Crippen molar-refractivity contribution in [3.8, 4) is 0 Å². The molecule has 0 aromatic carbocycles. The van der Waals surface area contributed by atoms with Gasteiger partial charge in [0.1, 0.15) is 5.71 Å². The van der Waals surface area contributed by atoms with E-state index in [0.717, 1.165) is 5.69 Å². The van der Waals surface area contributed by atoms with Gasteiger partial charge in [0.15, 0.2) is 0 Å². The largest absolute Gasteiger partial charge is 0.393 e. The summed E-state index contributed by atoms with van der Waals surface area (Å²) in [6.07, 6.45) is 4.09. The molecule has 1 fully saturated rings. The summed E-state index contributed by atoms with van der Waals surface area (Å²) in [6, 6.07) is 5.61. The first-order chi connectivity index (χ1) is 11.5. The molecule has 128 valence electrons. The second-order valence-electron chi connectivity index (χ2n) is 6.45. The topological polar surface area (TPSA) is 94.9 Å². The molecular formula is C17H22N4O3. The highest BCUT2D eigenvalue weighted by Gasteiger charge is 2.36. The van der Waals surface area contributed by atoms with Crippen molar-refractivity contribution in [3.63, 3.8) is 0 Å². The summed E-state index contributed by atoms with van der Waals surface area (Å²) in [5.41, 5.74) is 1.28. The maximum Gasteiger partial charge on any atom is 0.267 e. The third-order valence-electron chi connectivity index (χ3n) is 4.66. The zero-order valence-electron chi connectivity index (χ0n) is 13.7. The van der Waals surface area contributed by atoms with Crippen LogP contribution in [0.3, 0.4) is 0 Å². The molecular weight excluding hydrogens is 308 g/mol. The quantitative estimate of drug-likeness (QED) is 0.821. The van der Waals surface area contributed by atoms with Crippen molar-refractivity contribution in [3.05, 3.63) is 30.1 Å². The minimum atomic E-state index is -0.283. The fourth-order valence-corrected chi connectivity index (χ4v) is 3.12. The normalized spacial score (nSPS) is 24.8. The molecule has 3 rings (SSSR count). The molecule has 2 N–H and O–H groups in total. The van der Waals surface area contributed by atoms with Crippen LogP contribution in [0, 0.1) is 5.92 Å². The van der Waals surface area contributed by atoms with Gasteiger partial charge in [0.05, 0.1) is 6.10 Å². The fourth-order valence-electron chi connectivity index (χ4n) is 3.12. The van der Waals surface area contributed by atoms with Crippen LogP contribution in [0.15, 0.2) is 29.5 Å². The molecule has 1 saturated carbocycles. The van der Waals surface area contributed by atoms with Gasteiger partial charge in [-0.25, -0.2) is 5.01 Å². The Hall–Kier alpha value is -2.28. The Morgan fingerprint density at radius 3 is 2.83 bits per heavy atom. The number of hydrazone groups is 1. The van der Waals surface area contributed by atoms with Crippen molar-refractivity contribution >= 4 is 17.5 Å². The molecule has 2 amide bonds. The van der Waals surface area contributed by atoms with Crippen LogP contribution in [0.5, 0.6) is 0 Å². The molecule has 24 heavy (non-hydrogen) atoms. The average Bonchev–Trinajstić information content (AvgIpc) is 2.55. The van der Waals surface area contributed by atoms with Gasteiger partial charge in [-0.15, -0.1) is 0 Å². The summed E-state index contributed by atoms with van der Waals surface area (Å²) in [7, 11) is 1.56. The molecule has 1 atom stereocenters. The second kappa shape index (κ2) is 7.09. The van der Waals surface area contributed by atoms with Crippen LogP contribution in [0.1, 0.15) is 31.4 Å². The van der Waals surface area contributed by atoms with Gasteiger partial charge in [0.25, 0.3) is 5.91 Å². The standard InChI is InChI=1S/C17H22N4O3/c1-21-16(23)6-5-14(20-21)17(24)19-15(11-8-13(22)9-11)10-12-4-2-3-7-18-12/h2-4,7,11,13,15,22H,5-6,8-10H2,1H3,(H,19,24)/t11?,13?,15-/m0/s1. The predicted molar refractivity (Wildman–Crippen MR) is 88.0 cm³/mol. The smallest absolute Gasteiger partial charge is 0.267 e. The van der Waals surface area contributed by atoms with Gasteiger partial charge in [-0.1, -0.05) is 6.07 Å². The van der Waals surface area contributed by atoms with Crippen LogP contribution in [0.25, 0.3) is 0 Å². The van der Waals surface area contributed by atoms with Crippen molar-refractivity contribution in [1.82, 2.24) is 15.3 Å². The number of aromatic nitrogens is 1. The molecule has 7 heteroatoms. The molecule has 1 aliphatic carbocycles. The van der Waals surface area contributed by atoms with Crippen LogP contribution in [-0.2, 0) is 16.0 Å². The van der Waals surface area contributed by atoms with Crippen molar-refractivity contribution in [2.75, 3.05) is 7.05 Å². The van der Waals surface area contributed by atoms with E-state index in [-0.39, 0.29) is 29.9 Å².